The normalized spacial score (nSPS) is 10.8. The van der Waals surface area contributed by atoms with Crippen LogP contribution in [0.15, 0.2) is 47.6 Å². The van der Waals surface area contributed by atoms with Crippen LogP contribution in [-0.4, -0.2) is 26.4 Å². The van der Waals surface area contributed by atoms with Gasteiger partial charge in [-0.25, -0.2) is 0 Å². The highest BCUT2D eigenvalue weighted by molar-refractivity contribution is 14.1. The molecular weight excluding hydrogens is 459 g/mol. The number of hydrogen-bond donors (Lipinski definition) is 1. The highest BCUT2D eigenvalue weighted by Gasteiger charge is 2.14. The summed E-state index contributed by atoms with van der Waals surface area (Å²) in [5, 5.41) is 12.0. The molecule has 0 aliphatic rings. The molecule has 3 aromatic rings. The van der Waals surface area contributed by atoms with Crippen molar-refractivity contribution in [2.24, 2.45) is 0 Å². The summed E-state index contributed by atoms with van der Waals surface area (Å²) in [4.78, 5) is 12.3. The van der Waals surface area contributed by atoms with E-state index in [4.69, 9.17) is 0 Å². The molecule has 134 valence electrons. The molecule has 0 saturated heterocycles. The van der Waals surface area contributed by atoms with Gasteiger partial charge in [0.1, 0.15) is 5.82 Å². The summed E-state index contributed by atoms with van der Waals surface area (Å²) in [5.74, 6) is 1.01. The van der Waals surface area contributed by atoms with E-state index in [2.05, 4.69) is 57.2 Å². The van der Waals surface area contributed by atoms with Crippen molar-refractivity contribution in [2.75, 3.05) is 11.1 Å². The van der Waals surface area contributed by atoms with Gasteiger partial charge in [-0.15, -0.1) is 10.2 Å². The largest absolute Gasteiger partial charge is 0.325 e. The number of aryl methyl sites for hydroxylation is 3. The molecule has 0 atom stereocenters. The van der Waals surface area contributed by atoms with Crippen molar-refractivity contribution in [3.05, 3.63) is 63.0 Å². The first-order valence-corrected chi connectivity index (χ1v) is 10.2. The maximum atomic E-state index is 12.3. The zero-order valence-electron chi connectivity index (χ0n) is 14.8. The average molecular weight is 478 g/mol. The first kappa shape index (κ1) is 18.9. The van der Waals surface area contributed by atoms with Crippen LogP contribution in [0.5, 0.6) is 0 Å². The lowest BCUT2D eigenvalue weighted by Crippen LogP contribution is -2.15. The number of halogens is 1. The molecule has 0 aliphatic heterocycles. The maximum Gasteiger partial charge on any atom is 0.234 e. The van der Waals surface area contributed by atoms with Gasteiger partial charge in [0, 0.05) is 14.9 Å². The Morgan fingerprint density at radius 2 is 1.85 bits per heavy atom. The molecule has 0 radical (unpaired) electrons. The Hall–Kier alpha value is -1.87. The number of amides is 1. The quantitative estimate of drug-likeness (QED) is 0.433. The maximum absolute atomic E-state index is 12.3. The van der Waals surface area contributed by atoms with E-state index in [1.807, 2.05) is 48.7 Å². The van der Waals surface area contributed by atoms with E-state index in [1.165, 1.54) is 17.3 Å². The number of carbonyl (C=O) groups excluding carboxylic acids is 1. The Bertz CT molecular complexity index is 937. The Kier molecular flexibility index (Phi) is 5.98. The predicted octanol–water partition coefficient (Wildman–Crippen LogP) is 4.53. The van der Waals surface area contributed by atoms with Gasteiger partial charge in [0.2, 0.25) is 5.91 Å². The highest BCUT2D eigenvalue weighted by Crippen LogP contribution is 2.23. The molecule has 7 heteroatoms. The molecule has 2 aromatic carbocycles. The molecule has 5 nitrogen and oxygen atoms in total. The third kappa shape index (κ3) is 4.45. The van der Waals surface area contributed by atoms with Crippen LogP contribution < -0.4 is 5.32 Å². The van der Waals surface area contributed by atoms with E-state index in [9.17, 15) is 4.79 Å². The van der Waals surface area contributed by atoms with Gasteiger partial charge >= 0.3 is 0 Å². The van der Waals surface area contributed by atoms with Crippen LogP contribution in [0.4, 0.5) is 5.69 Å². The first-order valence-electron chi connectivity index (χ1n) is 8.12. The lowest BCUT2D eigenvalue weighted by molar-refractivity contribution is -0.113. The number of anilines is 1. The summed E-state index contributed by atoms with van der Waals surface area (Å²) in [7, 11) is 0. The Balaban J connectivity index is 1.70. The zero-order valence-corrected chi connectivity index (χ0v) is 17.8. The van der Waals surface area contributed by atoms with Gasteiger partial charge in [0.15, 0.2) is 5.16 Å². The third-order valence-electron chi connectivity index (χ3n) is 3.88. The van der Waals surface area contributed by atoms with Crippen LogP contribution in [0.2, 0.25) is 0 Å². The summed E-state index contributed by atoms with van der Waals surface area (Å²) in [6, 6.07) is 14.1. The molecule has 26 heavy (non-hydrogen) atoms. The van der Waals surface area contributed by atoms with Crippen LogP contribution >= 0.6 is 34.4 Å². The van der Waals surface area contributed by atoms with Crippen LogP contribution in [0, 0.1) is 24.3 Å². The molecule has 0 unspecified atom stereocenters. The Morgan fingerprint density at radius 3 is 2.54 bits per heavy atom. The highest BCUT2D eigenvalue weighted by atomic mass is 127. The van der Waals surface area contributed by atoms with Gasteiger partial charge in [-0.2, -0.15) is 0 Å². The molecule has 1 aromatic heterocycles. The van der Waals surface area contributed by atoms with Crippen LogP contribution in [0.3, 0.4) is 0 Å². The van der Waals surface area contributed by atoms with Crippen molar-refractivity contribution in [2.45, 2.75) is 25.9 Å². The monoisotopic (exact) mass is 478 g/mol. The molecule has 0 aliphatic carbocycles. The molecule has 3 rings (SSSR count). The van der Waals surface area contributed by atoms with Crippen LogP contribution in [0.25, 0.3) is 5.69 Å². The van der Waals surface area contributed by atoms with Crippen molar-refractivity contribution >= 4 is 45.9 Å². The number of hydrogen-bond acceptors (Lipinski definition) is 4. The number of carbonyl (C=O) groups is 1. The standard InChI is InChI=1S/C19H19IN4OS/c1-12-4-7-16(8-5-12)24-14(3)22-23-19(24)26-11-18(25)21-17-9-6-15(20)10-13(17)2/h4-10H,11H2,1-3H3,(H,21,25). The van der Waals surface area contributed by atoms with Gasteiger partial charge in [0.25, 0.3) is 0 Å². The van der Waals surface area contributed by atoms with Gasteiger partial charge in [-0.3, -0.25) is 9.36 Å². The summed E-state index contributed by atoms with van der Waals surface area (Å²) < 4.78 is 3.11. The van der Waals surface area contributed by atoms with Gasteiger partial charge in [0.05, 0.1) is 5.75 Å². The minimum Gasteiger partial charge on any atom is -0.325 e. The molecule has 0 fully saturated rings. The van der Waals surface area contributed by atoms with Crippen molar-refractivity contribution in [3.63, 3.8) is 0 Å². The first-order chi connectivity index (χ1) is 12.4. The fourth-order valence-corrected chi connectivity index (χ4v) is 3.96. The van der Waals surface area contributed by atoms with E-state index in [0.717, 1.165) is 26.3 Å². The summed E-state index contributed by atoms with van der Waals surface area (Å²) in [6.07, 6.45) is 0. The van der Waals surface area contributed by atoms with Crippen molar-refractivity contribution in [1.82, 2.24) is 14.8 Å². The molecule has 0 bridgehead atoms. The molecule has 0 saturated carbocycles. The lowest BCUT2D eigenvalue weighted by atomic mass is 10.2. The second-order valence-corrected chi connectivity index (χ2v) is 8.18. The Morgan fingerprint density at radius 1 is 1.12 bits per heavy atom. The van der Waals surface area contributed by atoms with E-state index in [1.54, 1.807) is 0 Å². The predicted molar refractivity (Wildman–Crippen MR) is 114 cm³/mol. The molecular formula is C19H19IN4OS. The van der Waals surface area contributed by atoms with E-state index >= 15 is 0 Å². The number of thioether (sulfide) groups is 1. The van der Waals surface area contributed by atoms with Crippen LogP contribution in [0.1, 0.15) is 17.0 Å². The van der Waals surface area contributed by atoms with E-state index in [-0.39, 0.29) is 11.7 Å². The fourth-order valence-electron chi connectivity index (χ4n) is 2.51. The van der Waals surface area contributed by atoms with Crippen LogP contribution in [-0.2, 0) is 4.79 Å². The number of rotatable bonds is 5. The van der Waals surface area contributed by atoms with Gasteiger partial charge in [-0.1, -0.05) is 29.5 Å². The number of aromatic nitrogens is 3. The summed E-state index contributed by atoms with van der Waals surface area (Å²) in [6.45, 7) is 5.95. The summed E-state index contributed by atoms with van der Waals surface area (Å²) in [5.41, 5.74) is 4.08. The molecule has 1 amide bonds. The number of nitrogens with zero attached hydrogens (tertiary/aromatic N) is 3. The number of benzene rings is 2. The van der Waals surface area contributed by atoms with Crippen molar-refractivity contribution in [1.29, 1.82) is 0 Å². The lowest BCUT2D eigenvalue weighted by Gasteiger charge is -2.10. The Labute approximate surface area is 170 Å². The molecule has 0 spiro atoms. The SMILES string of the molecule is Cc1ccc(-n2c(C)nnc2SCC(=O)Nc2ccc(I)cc2C)cc1. The van der Waals surface area contributed by atoms with Crippen molar-refractivity contribution < 1.29 is 4.79 Å². The summed E-state index contributed by atoms with van der Waals surface area (Å²) >= 11 is 3.64. The van der Waals surface area contributed by atoms with Gasteiger partial charge < -0.3 is 5.32 Å². The minimum absolute atomic E-state index is 0.0598. The molecule has 1 N–H and O–H groups in total. The zero-order chi connectivity index (χ0) is 18.7. The van der Waals surface area contributed by atoms with Crippen molar-refractivity contribution in [3.8, 4) is 5.69 Å². The third-order valence-corrected chi connectivity index (χ3v) is 5.48. The van der Waals surface area contributed by atoms with E-state index in [0.29, 0.717) is 5.16 Å². The molecule has 1 heterocycles. The topological polar surface area (TPSA) is 59.8 Å². The average Bonchev–Trinajstić information content (AvgIpc) is 2.97. The van der Waals surface area contributed by atoms with E-state index < -0.39 is 0 Å². The minimum atomic E-state index is -0.0598. The smallest absolute Gasteiger partial charge is 0.234 e. The number of nitrogens with one attached hydrogen (secondary N) is 1. The second kappa shape index (κ2) is 8.22. The second-order valence-electron chi connectivity index (χ2n) is 6.00. The van der Waals surface area contributed by atoms with Gasteiger partial charge in [-0.05, 0) is 79.3 Å². The fraction of sp³-hybridized carbons (Fsp3) is 0.211.